The summed E-state index contributed by atoms with van der Waals surface area (Å²) in [7, 11) is 2.01. The molecule has 2 fully saturated rings. The molecule has 2 aliphatic carbocycles. The summed E-state index contributed by atoms with van der Waals surface area (Å²) in [6, 6.07) is 0.401. The van der Waals surface area contributed by atoms with Crippen LogP contribution in [0, 0.1) is 11.8 Å². The lowest BCUT2D eigenvalue weighted by Gasteiger charge is -2.39. The molecule has 1 amide bonds. The lowest BCUT2D eigenvalue weighted by Crippen LogP contribution is -2.48. The van der Waals surface area contributed by atoms with Crippen LogP contribution in [0.5, 0.6) is 0 Å². The van der Waals surface area contributed by atoms with Gasteiger partial charge in [-0.15, -0.1) is 0 Å². The van der Waals surface area contributed by atoms with Crippen molar-refractivity contribution in [1.29, 1.82) is 0 Å². The summed E-state index contributed by atoms with van der Waals surface area (Å²) in [4.78, 5) is 14.6. The Morgan fingerprint density at radius 2 is 1.67 bits per heavy atom. The van der Waals surface area contributed by atoms with Gasteiger partial charge in [-0.1, -0.05) is 32.1 Å². The molecule has 3 nitrogen and oxygen atoms in total. The molecule has 0 aromatic heterocycles. The minimum Gasteiger partial charge on any atom is -0.342 e. The molecule has 0 radical (unpaired) electrons. The van der Waals surface area contributed by atoms with Gasteiger partial charge in [0.1, 0.15) is 0 Å². The Hall–Kier alpha value is -0.570. The number of nitrogens with zero attached hydrogens (tertiary/aromatic N) is 1. The number of rotatable bonds is 3. The van der Waals surface area contributed by atoms with E-state index < -0.39 is 0 Å². The van der Waals surface area contributed by atoms with E-state index in [4.69, 9.17) is 5.73 Å². The molecule has 2 atom stereocenters. The van der Waals surface area contributed by atoms with Crippen LogP contribution in [0.15, 0.2) is 0 Å². The summed E-state index contributed by atoms with van der Waals surface area (Å²) in [6.07, 6.45) is 10.9. The Morgan fingerprint density at radius 1 is 1.06 bits per heavy atom. The second-order valence-corrected chi connectivity index (χ2v) is 6.13. The summed E-state index contributed by atoms with van der Waals surface area (Å²) >= 11 is 0. The summed E-state index contributed by atoms with van der Waals surface area (Å²) in [5.74, 6) is 1.21. The van der Waals surface area contributed by atoms with Crippen LogP contribution >= 0.6 is 0 Å². The largest absolute Gasteiger partial charge is 0.342 e. The van der Waals surface area contributed by atoms with Crippen molar-refractivity contribution in [2.75, 3.05) is 13.6 Å². The maximum absolute atomic E-state index is 12.5. The second-order valence-electron chi connectivity index (χ2n) is 6.13. The van der Waals surface area contributed by atoms with Crippen LogP contribution in [0.4, 0.5) is 0 Å². The van der Waals surface area contributed by atoms with Crippen molar-refractivity contribution in [1.82, 2.24) is 4.90 Å². The molecule has 2 aliphatic rings. The molecule has 0 spiro atoms. The van der Waals surface area contributed by atoms with Gasteiger partial charge in [-0.05, 0) is 38.1 Å². The Labute approximate surface area is 111 Å². The van der Waals surface area contributed by atoms with Gasteiger partial charge in [0, 0.05) is 19.0 Å². The van der Waals surface area contributed by atoms with Gasteiger partial charge in [-0.3, -0.25) is 4.79 Å². The molecule has 2 unspecified atom stereocenters. The molecular formula is C15H28N2O. The normalized spacial score (nSPS) is 30.1. The van der Waals surface area contributed by atoms with Crippen molar-refractivity contribution in [2.24, 2.45) is 17.6 Å². The molecular weight excluding hydrogens is 224 g/mol. The zero-order valence-electron chi connectivity index (χ0n) is 11.7. The van der Waals surface area contributed by atoms with Crippen molar-refractivity contribution in [3.8, 4) is 0 Å². The van der Waals surface area contributed by atoms with E-state index in [1.165, 1.54) is 38.5 Å². The highest BCUT2D eigenvalue weighted by Gasteiger charge is 2.33. The predicted molar refractivity (Wildman–Crippen MR) is 74.1 cm³/mol. The third kappa shape index (κ3) is 3.05. The van der Waals surface area contributed by atoms with Crippen LogP contribution in [-0.2, 0) is 4.79 Å². The van der Waals surface area contributed by atoms with Gasteiger partial charge in [-0.2, -0.15) is 0 Å². The van der Waals surface area contributed by atoms with Crippen LogP contribution in [0.2, 0.25) is 0 Å². The van der Waals surface area contributed by atoms with E-state index >= 15 is 0 Å². The van der Waals surface area contributed by atoms with E-state index in [0.29, 0.717) is 23.8 Å². The van der Waals surface area contributed by atoms with Crippen LogP contribution in [0.3, 0.4) is 0 Å². The highest BCUT2D eigenvalue weighted by Crippen LogP contribution is 2.31. The van der Waals surface area contributed by atoms with Gasteiger partial charge in [0.2, 0.25) is 5.91 Å². The fourth-order valence-corrected chi connectivity index (χ4v) is 3.77. The number of nitrogens with two attached hydrogens (primary N) is 1. The van der Waals surface area contributed by atoms with Crippen LogP contribution < -0.4 is 5.73 Å². The molecule has 0 aromatic carbocycles. The lowest BCUT2D eigenvalue weighted by molar-refractivity contribution is -0.139. The van der Waals surface area contributed by atoms with Crippen LogP contribution in [0.25, 0.3) is 0 Å². The SMILES string of the molecule is CN(C(=O)C1CCCCC1)C1CCCCC1CN. The average Bonchev–Trinajstić information content (AvgIpc) is 2.46. The Morgan fingerprint density at radius 3 is 2.33 bits per heavy atom. The fourth-order valence-electron chi connectivity index (χ4n) is 3.77. The summed E-state index contributed by atoms with van der Waals surface area (Å²) in [6.45, 7) is 0.729. The summed E-state index contributed by atoms with van der Waals surface area (Å²) in [5, 5.41) is 0. The topological polar surface area (TPSA) is 46.3 Å². The summed E-state index contributed by atoms with van der Waals surface area (Å²) < 4.78 is 0. The van der Waals surface area contributed by atoms with Gasteiger partial charge < -0.3 is 10.6 Å². The number of amides is 1. The third-order valence-corrected chi connectivity index (χ3v) is 4.97. The van der Waals surface area contributed by atoms with Gasteiger partial charge >= 0.3 is 0 Å². The van der Waals surface area contributed by atoms with Crippen molar-refractivity contribution in [2.45, 2.75) is 63.8 Å². The minimum absolute atomic E-state index is 0.295. The Kier molecular flexibility index (Phi) is 5.04. The molecule has 0 bridgehead atoms. The maximum atomic E-state index is 12.5. The van der Waals surface area contributed by atoms with Crippen LogP contribution in [-0.4, -0.2) is 30.4 Å². The molecule has 3 heteroatoms. The number of carbonyl (C=O) groups is 1. The third-order valence-electron chi connectivity index (χ3n) is 4.97. The van der Waals surface area contributed by atoms with E-state index in [0.717, 1.165) is 25.8 Å². The number of hydrogen-bond donors (Lipinski definition) is 1. The van der Waals surface area contributed by atoms with Crippen molar-refractivity contribution in [3.63, 3.8) is 0 Å². The standard InChI is InChI=1S/C15H28N2O/c1-17(14-10-6-5-9-13(14)11-16)15(18)12-7-3-2-4-8-12/h12-14H,2-11,16H2,1H3. The highest BCUT2D eigenvalue weighted by atomic mass is 16.2. The van der Waals surface area contributed by atoms with E-state index in [-0.39, 0.29) is 0 Å². The first-order chi connectivity index (χ1) is 8.74. The molecule has 2 rings (SSSR count). The molecule has 104 valence electrons. The molecule has 18 heavy (non-hydrogen) atoms. The van der Waals surface area contributed by atoms with Gasteiger partial charge in [0.25, 0.3) is 0 Å². The van der Waals surface area contributed by atoms with E-state index in [9.17, 15) is 4.79 Å². The maximum Gasteiger partial charge on any atom is 0.225 e. The minimum atomic E-state index is 0.295. The highest BCUT2D eigenvalue weighted by molar-refractivity contribution is 5.79. The fraction of sp³-hybridized carbons (Fsp3) is 0.933. The Balaban J connectivity index is 1.95. The van der Waals surface area contributed by atoms with E-state index in [1.54, 1.807) is 0 Å². The number of hydrogen-bond acceptors (Lipinski definition) is 2. The number of carbonyl (C=O) groups excluding carboxylic acids is 1. The molecule has 0 aliphatic heterocycles. The molecule has 0 aromatic rings. The molecule has 2 N–H and O–H groups in total. The monoisotopic (exact) mass is 252 g/mol. The van der Waals surface area contributed by atoms with E-state index in [1.807, 2.05) is 11.9 Å². The molecule has 2 saturated carbocycles. The first-order valence-corrected chi connectivity index (χ1v) is 7.70. The van der Waals surface area contributed by atoms with Gasteiger partial charge in [0.05, 0.1) is 0 Å². The predicted octanol–water partition coefficient (Wildman–Crippen LogP) is 2.54. The van der Waals surface area contributed by atoms with Crippen molar-refractivity contribution in [3.05, 3.63) is 0 Å². The zero-order valence-corrected chi connectivity index (χ0v) is 11.7. The lowest BCUT2D eigenvalue weighted by atomic mass is 9.82. The van der Waals surface area contributed by atoms with Gasteiger partial charge in [-0.25, -0.2) is 0 Å². The quantitative estimate of drug-likeness (QED) is 0.839. The van der Waals surface area contributed by atoms with Crippen molar-refractivity contribution >= 4 is 5.91 Å². The van der Waals surface area contributed by atoms with E-state index in [2.05, 4.69) is 0 Å². The van der Waals surface area contributed by atoms with Crippen molar-refractivity contribution < 1.29 is 4.79 Å². The molecule has 0 heterocycles. The summed E-state index contributed by atoms with van der Waals surface area (Å²) in [5.41, 5.74) is 5.87. The molecule has 0 saturated heterocycles. The first-order valence-electron chi connectivity index (χ1n) is 7.70. The van der Waals surface area contributed by atoms with Crippen LogP contribution in [0.1, 0.15) is 57.8 Å². The average molecular weight is 252 g/mol. The second kappa shape index (κ2) is 6.55. The van der Waals surface area contributed by atoms with Gasteiger partial charge in [0.15, 0.2) is 0 Å². The zero-order chi connectivity index (χ0) is 13.0. The Bertz CT molecular complexity index is 274. The first kappa shape index (κ1) is 13.9. The smallest absolute Gasteiger partial charge is 0.225 e.